The Morgan fingerprint density at radius 2 is 1.86 bits per heavy atom. The van der Waals surface area contributed by atoms with E-state index in [1.807, 2.05) is 0 Å². The lowest BCUT2D eigenvalue weighted by Gasteiger charge is -2.29. The third kappa shape index (κ3) is 5.34. The minimum atomic E-state index is -3.40. The molecule has 0 aromatic rings. The Labute approximate surface area is 129 Å². The van der Waals surface area contributed by atoms with Gasteiger partial charge in [-0.25, -0.2) is 18.0 Å². The van der Waals surface area contributed by atoms with Crippen LogP contribution in [0.2, 0.25) is 0 Å². The maximum Gasteiger partial charge on any atom is 0.410 e. The van der Waals surface area contributed by atoms with E-state index in [0.29, 0.717) is 0 Å². The lowest BCUT2D eigenvalue weighted by molar-refractivity contribution is 0.0562. The van der Waals surface area contributed by atoms with Crippen molar-refractivity contribution in [3.63, 3.8) is 0 Å². The quantitative estimate of drug-likeness (QED) is 0.660. The molecule has 0 aromatic heterocycles. The Balaban J connectivity index is 2.68. The van der Waals surface area contributed by atoms with Gasteiger partial charge in [0.1, 0.15) is 0 Å². The van der Waals surface area contributed by atoms with Gasteiger partial charge in [0.2, 0.25) is 0 Å². The predicted molar refractivity (Wildman–Crippen MR) is 77.2 cm³/mol. The van der Waals surface area contributed by atoms with Gasteiger partial charge in [0.05, 0.1) is 36.9 Å². The van der Waals surface area contributed by atoms with E-state index >= 15 is 0 Å². The topological polar surface area (TPSA) is 122 Å². The highest BCUT2D eigenvalue weighted by atomic mass is 32.2. The largest absolute Gasteiger partial charge is 0.450 e. The van der Waals surface area contributed by atoms with E-state index in [1.54, 1.807) is 13.8 Å². The number of alkyl carbamates (subject to hydrolysis) is 1. The summed E-state index contributed by atoms with van der Waals surface area (Å²) in [5.41, 5.74) is 0. The average molecular weight is 338 g/mol. The fourth-order valence-corrected chi connectivity index (χ4v) is 3.97. The predicted octanol–water partition coefficient (Wildman–Crippen LogP) is -0.651. The average Bonchev–Trinajstić information content (AvgIpc) is 2.68. The smallest absolute Gasteiger partial charge is 0.410 e. The summed E-state index contributed by atoms with van der Waals surface area (Å²) >= 11 is 0. The van der Waals surface area contributed by atoms with Crippen molar-refractivity contribution < 1.29 is 32.6 Å². The van der Waals surface area contributed by atoms with Crippen molar-refractivity contribution in [3.8, 4) is 0 Å². The molecular formula is C12H22N2O7S. The number of nitrogens with zero attached hydrogens (tertiary/aromatic N) is 1. The minimum Gasteiger partial charge on any atom is -0.450 e. The van der Waals surface area contributed by atoms with E-state index in [0.717, 1.165) is 4.90 Å². The maximum absolute atomic E-state index is 11.9. The molecule has 1 saturated heterocycles. The van der Waals surface area contributed by atoms with Crippen molar-refractivity contribution in [2.24, 2.45) is 0 Å². The first-order valence-electron chi connectivity index (χ1n) is 7.03. The Bertz CT molecular complexity index is 494. The fraction of sp³-hybridized carbons (Fsp3) is 0.833. The van der Waals surface area contributed by atoms with Gasteiger partial charge in [0.25, 0.3) is 0 Å². The van der Waals surface area contributed by atoms with Crippen LogP contribution in [0.3, 0.4) is 0 Å². The number of ether oxygens (including phenoxy) is 2. The number of carbonyl (C=O) groups is 2. The molecule has 128 valence electrons. The van der Waals surface area contributed by atoms with E-state index < -0.39 is 39.9 Å². The summed E-state index contributed by atoms with van der Waals surface area (Å²) in [6, 6.07) is -0.881. The number of rotatable bonds is 6. The van der Waals surface area contributed by atoms with Crippen LogP contribution in [-0.4, -0.2) is 80.6 Å². The molecule has 0 aromatic carbocycles. The van der Waals surface area contributed by atoms with Crippen molar-refractivity contribution in [2.75, 3.05) is 37.8 Å². The molecule has 1 fully saturated rings. The van der Waals surface area contributed by atoms with Gasteiger partial charge in [0.15, 0.2) is 9.84 Å². The zero-order chi connectivity index (χ0) is 16.8. The highest BCUT2D eigenvalue weighted by Crippen LogP contribution is 2.19. The number of hydrogen-bond acceptors (Lipinski definition) is 7. The Morgan fingerprint density at radius 1 is 1.23 bits per heavy atom. The fourth-order valence-electron chi connectivity index (χ4n) is 2.17. The maximum atomic E-state index is 11.9. The van der Waals surface area contributed by atoms with Gasteiger partial charge in [-0.2, -0.15) is 0 Å². The first-order valence-corrected chi connectivity index (χ1v) is 8.85. The van der Waals surface area contributed by atoms with Gasteiger partial charge in [-0.3, -0.25) is 4.90 Å². The number of amides is 2. The minimum absolute atomic E-state index is 0.00882. The molecule has 22 heavy (non-hydrogen) atoms. The van der Waals surface area contributed by atoms with Gasteiger partial charge in [-0.05, 0) is 13.8 Å². The van der Waals surface area contributed by atoms with Crippen molar-refractivity contribution >= 4 is 22.0 Å². The number of aliphatic hydroxyl groups is 1. The molecule has 2 unspecified atom stereocenters. The summed E-state index contributed by atoms with van der Waals surface area (Å²) in [5, 5.41) is 12.3. The molecule has 10 heteroatoms. The van der Waals surface area contributed by atoms with Crippen LogP contribution >= 0.6 is 0 Å². The Kier molecular flexibility index (Phi) is 6.88. The lowest BCUT2D eigenvalue weighted by Crippen LogP contribution is -2.49. The molecule has 9 nitrogen and oxygen atoms in total. The second-order valence-electron chi connectivity index (χ2n) is 4.75. The molecule has 2 amide bonds. The molecule has 2 N–H and O–H groups in total. The van der Waals surface area contributed by atoms with Crippen LogP contribution in [-0.2, 0) is 19.3 Å². The number of sulfone groups is 1. The molecular weight excluding hydrogens is 316 g/mol. The molecule has 2 atom stereocenters. The molecule has 0 spiro atoms. The van der Waals surface area contributed by atoms with E-state index in [4.69, 9.17) is 4.74 Å². The summed E-state index contributed by atoms with van der Waals surface area (Å²) in [7, 11) is -3.40. The van der Waals surface area contributed by atoms with E-state index in [1.165, 1.54) is 0 Å². The Hall–Kier alpha value is -1.55. The highest BCUT2D eigenvalue weighted by molar-refractivity contribution is 7.91. The summed E-state index contributed by atoms with van der Waals surface area (Å²) in [6.45, 7) is 3.68. The van der Waals surface area contributed by atoms with E-state index in [-0.39, 0.29) is 32.1 Å². The molecule has 0 saturated carbocycles. The molecule has 1 rings (SSSR count). The van der Waals surface area contributed by atoms with Crippen molar-refractivity contribution in [2.45, 2.75) is 26.0 Å². The second-order valence-corrected chi connectivity index (χ2v) is 6.90. The molecule has 0 radical (unpaired) electrons. The van der Waals surface area contributed by atoms with Crippen LogP contribution < -0.4 is 5.32 Å². The van der Waals surface area contributed by atoms with E-state index in [9.17, 15) is 23.1 Å². The SMILES string of the molecule is CCOC(=O)NCCN(C(=O)OCC)C1CS(=O)(=O)CC1O. The zero-order valence-electron chi connectivity index (χ0n) is 12.6. The third-order valence-corrected chi connectivity index (χ3v) is 4.79. The summed E-state index contributed by atoms with van der Waals surface area (Å²) in [6.07, 6.45) is -2.53. The van der Waals surface area contributed by atoms with Crippen LogP contribution in [0.25, 0.3) is 0 Å². The first-order chi connectivity index (χ1) is 10.3. The summed E-state index contributed by atoms with van der Waals surface area (Å²) < 4.78 is 32.7. The van der Waals surface area contributed by atoms with Gasteiger partial charge in [-0.15, -0.1) is 0 Å². The van der Waals surface area contributed by atoms with Crippen molar-refractivity contribution in [1.82, 2.24) is 10.2 Å². The normalized spacial score (nSPS) is 22.9. The monoisotopic (exact) mass is 338 g/mol. The number of carbonyl (C=O) groups excluding carboxylic acids is 2. The molecule has 0 aliphatic carbocycles. The van der Waals surface area contributed by atoms with Gasteiger partial charge >= 0.3 is 12.2 Å². The van der Waals surface area contributed by atoms with E-state index in [2.05, 4.69) is 10.1 Å². The molecule has 1 heterocycles. The van der Waals surface area contributed by atoms with Crippen molar-refractivity contribution in [1.29, 1.82) is 0 Å². The zero-order valence-corrected chi connectivity index (χ0v) is 13.5. The lowest BCUT2D eigenvalue weighted by atomic mass is 10.2. The van der Waals surface area contributed by atoms with Gasteiger partial charge in [0, 0.05) is 13.1 Å². The second kappa shape index (κ2) is 8.18. The Morgan fingerprint density at radius 3 is 2.36 bits per heavy atom. The molecule has 0 bridgehead atoms. The van der Waals surface area contributed by atoms with Crippen LogP contribution in [0.15, 0.2) is 0 Å². The van der Waals surface area contributed by atoms with Crippen LogP contribution in [0.1, 0.15) is 13.8 Å². The number of hydrogen-bond donors (Lipinski definition) is 2. The van der Waals surface area contributed by atoms with Gasteiger partial charge < -0.3 is 19.9 Å². The molecule has 1 aliphatic heterocycles. The summed E-state index contributed by atoms with van der Waals surface area (Å²) in [5.74, 6) is -0.717. The summed E-state index contributed by atoms with van der Waals surface area (Å²) in [4.78, 5) is 24.3. The molecule has 1 aliphatic rings. The number of aliphatic hydroxyl groups excluding tert-OH is 1. The highest BCUT2D eigenvalue weighted by Gasteiger charge is 2.42. The van der Waals surface area contributed by atoms with Crippen molar-refractivity contribution in [3.05, 3.63) is 0 Å². The number of nitrogens with one attached hydrogen (secondary N) is 1. The van der Waals surface area contributed by atoms with Crippen LogP contribution in [0.4, 0.5) is 9.59 Å². The third-order valence-electron chi connectivity index (χ3n) is 3.09. The standard InChI is InChI=1S/C12H22N2O7S/c1-3-20-11(16)13-5-6-14(12(17)21-4-2)9-7-22(18,19)8-10(9)15/h9-10,15H,3-8H2,1-2H3,(H,13,16). The first kappa shape index (κ1) is 18.5. The van der Waals surface area contributed by atoms with Crippen LogP contribution in [0, 0.1) is 0 Å². The van der Waals surface area contributed by atoms with Crippen LogP contribution in [0.5, 0.6) is 0 Å². The van der Waals surface area contributed by atoms with Gasteiger partial charge in [-0.1, -0.05) is 0 Å².